The molecule has 1 heterocycles. The Morgan fingerprint density at radius 2 is 1.89 bits per heavy atom. The fourth-order valence-electron chi connectivity index (χ4n) is 2.19. The van der Waals surface area contributed by atoms with Crippen LogP contribution in [-0.4, -0.2) is 41.8 Å². The third-order valence-electron chi connectivity index (χ3n) is 3.02. The van der Waals surface area contributed by atoms with Gasteiger partial charge in [-0.1, -0.05) is 0 Å². The molecule has 5 nitrogen and oxygen atoms in total. The lowest BCUT2D eigenvalue weighted by molar-refractivity contribution is -0.141. The minimum atomic E-state index is -0.519. The molecule has 0 N–H and O–H groups in total. The molecule has 0 saturated carbocycles. The van der Waals surface area contributed by atoms with Crippen molar-refractivity contribution in [3.05, 3.63) is 0 Å². The molecule has 1 aliphatic rings. The van der Waals surface area contributed by atoms with Crippen LogP contribution in [-0.2, 0) is 14.3 Å². The summed E-state index contributed by atoms with van der Waals surface area (Å²) in [6.45, 7) is 7.48. The highest BCUT2D eigenvalue weighted by atomic mass is 16.6. The molecule has 0 spiro atoms. The second-order valence-electron chi connectivity index (χ2n) is 5.75. The van der Waals surface area contributed by atoms with Crippen molar-refractivity contribution in [3.8, 4) is 0 Å². The summed E-state index contributed by atoms with van der Waals surface area (Å²) in [5, 5.41) is 0. The highest BCUT2D eigenvalue weighted by Crippen LogP contribution is 2.28. The normalized spacial score (nSPS) is 23.9. The maximum Gasteiger partial charge on any atom is 0.410 e. The molecule has 1 saturated heterocycles. The van der Waals surface area contributed by atoms with E-state index in [1.807, 2.05) is 27.7 Å². The third kappa shape index (κ3) is 3.89. The number of carbonyl (C=O) groups excluding carboxylic acids is 2. The van der Waals surface area contributed by atoms with Crippen LogP contribution < -0.4 is 0 Å². The van der Waals surface area contributed by atoms with E-state index in [1.165, 1.54) is 7.11 Å². The largest absolute Gasteiger partial charge is 0.469 e. The first-order valence-electron chi connectivity index (χ1n) is 6.32. The van der Waals surface area contributed by atoms with E-state index in [1.54, 1.807) is 4.90 Å². The zero-order chi connectivity index (χ0) is 13.9. The number of hydrogen-bond acceptors (Lipinski definition) is 4. The van der Waals surface area contributed by atoms with Gasteiger partial charge in [0.2, 0.25) is 0 Å². The van der Waals surface area contributed by atoms with Gasteiger partial charge in [-0.15, -0.1) is 0 Å². The van der Waals surface area contributed by atoms with Crippen LogP contribution in [0.5, 0.6) is 0 Å². The lowest BCUT2D eigenvalue weighted by atomic mass is 10.1. The SMILES string of the molecule is COC(=O)C[C@@H]1CC[C@@H](C)N1C(=O)OC(C)(C)C. The number of amides is 1. The number of ether oxygens (including phenoxy) is 2. The third-order valence-corrected chi connectivity index (χ3v) is 3.02. The van der Waals surface area contributed by atoms with E-state index in [4.69, 9.17) is 4.74 Å². The summed E-state index contributed by atoms with van der Waals surface area (Å²) in [6.07, 6.45) is 1.60. The van der Waals surface area contributed by atoms with Gasteiger partial charge in [-0.25, -0.2) is 4.79 Å². The summed E-state index contributed by atoms with van der Waals surface area (Å²) >= 11 is 0. The second kappa shape index (κ2) is 5.59. The van der Waals surface area contributed by atoms with Crippen LogP contribution in [0, 0.1) is 0 Å². The Bertz CT molecular complexity index is 321. The van der Waals surface area contributed by atoms with Gasteiger partial charge in [0, 0.05) is 12.1 Å². The van der Waals surface area contributed by atoms with Crippen LogP contribution in [0.15, 0.2) is 0 Å². The topological polar surface area (TPSA) is 55.8 Å². The standard InChI is InChI=1S/C13H23NO4/c1-9-6-7-10(8-11(15)17-5)14(9)12(16)18-13(2,3)4/h9-10H,6-8H2,1-5H3/t9-,10+/m1/s1. The van der Waals surface area contributed by atoms with E-state index < -0.39 is 5.60 Å². The molecule has 104 valence electrons. The second-order valence-corrected chi connectivity index (χ2v) is 5.75. The number of rotatable bonds is 2. The van der Waals surface area contributed by atoms with Gasteiger partial charge in [-0.05, 0) is 40.5 Å². The van der Waals surface area contributed by atoms with Crippen molar-refractivity contribution in [3.63, 3.8) is 0 Å². The molecule has 1 fully saturated rings. The van der Waals surface area contributed by atoms with Gasteiger partial charge >= 0.3 is 12.1 Å². The molecule has 0 radical (unpaired) electrons. The zero-order valence-electron chi connectivity index (χ0n) is 11.9. The van der Waals surface area contributed by atoms with Crippen molar-refractivity contribution in [2.75, 3.05) is 7.11 Å². The number of likely N-dealkylation sites (tertiary alicyclic amines) is 1. The lowest BCUT2D eigenvalue weighted by Crippen LogP contribution is -2.44. The lowest BCUT2D eigenvalue weighted by Gasteiger charge is -2.30. The average molecular weight is 257 g/mol. The summed E-state index contributed by atoms with van der Waals surface area (Å²) in [5.74, 6) is -0.289. The van der Waals surface area contributed by atoms with Crippen LogP contribution in [0.4, 0.5) is 4.79 Å². The molecular weight excluding hydrogens is 234 g/mol. The Balaban J connectivity index is 2.69. The van der Waals surface area contributed by atoms with Crippen molar-refractivity contribution >= 4 is 12.1 Å². The van der Waals surface area contributed by atoms with E-state index in [0.717, 1.165) is 12.8 Å². The van der Waals surface area contributed by atoms with Gasteiger partial charge in [-0.2, -0.15) is 0 Å². The Hall–Kier alpha value is -1.26. The molecule has 0 aromatic rings. The fraction of sp³-hybridized carbons (Fsp3) is 0.846. The molecule has 0 aromatic heterocycles. The molecule has 1 aliphatic heterocycles. The van der Waals surface area contributed by atoms with Crippen molar-refractivity contribution in [2.45, 2.75) is 64.6 Å². The maximum absolute atomic E-state index is 12.1. The first-order chi connectivity index (χ1) is 8.24. The highest BCUT2D eigenvalue weighted by molar-refractivity contribution is 5.73. The van der Waals surface area contributed by atoms with Gasteiger partial charge in [0.15, 0.2) is 0 Å². The van der Waals surface area contributed by atoms with Crippen LogP contribution in [0.25, 0.3) is 0 Å². The number of esters is 1. The predicted octanol–water partition coefficient (Wildman–Crippen LogP) is 2.34. The van der Waals surface area contributed by atoms with Gasteiger partial charge in [0.25, 0.3) is 0 Å². The first kappa shape index (κ1) is 14.8. The van der Waals surface area contributed by atoms with Crippen LogP contribution in [0.3, 0.4) is 0 Å². The summed E-state index contributed by atoms with van der Waals surface area (Å²) in [5.41, 5.74) is -0.519. The van der Waals surface area contributed by atoms with E-state index in [-0.39, 0.29) is 30.6 Å². The van der Waals surface area contributed by atoms with E-state index in [9.17, 15) is 9.59 Å². The van der Waals surface area contributed by atoms with Crippen LogP contribution >= 0.6 is 0 Å². The average Bonchev–Trinajstić information content (AvgIpc) is 2.57. The number of methoxy groups -OCH3 is 1. The Morgan fingerprint density at radius 1 is 1.28 bits per heavy atom. The Morgan fingerprint density at radius 3 is 2.39 bits per heavy atom. The quantitative estimate of drug-likeness (QED) is 0.712. The molecule has 0 aliphatic carbocycles. The molecule has 2 atom stereocenters. The summed E-state index contributed by atoms with van der Waals surface area (Å²) in [7, 11) is 1.36. The van der Waals surface area contributed by atoms with Gasteiger partial charge in [0.1, 0.15) is 5.60 Å². The van der Waals surface area contributed by atoms with E-state index in [2.05, 4.69) is 4.74 Å². The van der Waals surface area contributed by atoms with Gasteiger partial charge in [-0.3, -0.25) is 4.79 Å². The molecule has 5 heteroatoms. The first-order valence-corrected chi connectivity index (χ1v) is 6.32. The maximum atomic E-state index is 12.1. The predicted molar refractivity (Wildman–Crippen MR) is 67.2 cm³/mol. The molecule has 0 unspecified atom stereocenters. The Kier molecular flexibility index (Phi) is 4.59. The van der Waals surface area contributed by atoms with Crippen LogP contribution in [0.2, 0.25) is 0 Å². The Labute approximate surface area is 108 Å². The molecule has 0 bridgehead atoms. The molecule has 1 amide bonds. The molecule has 1 rings (SSSR count). The summed E-state index contributed by atoms with van der Waals surface area (Å²) < 4.78 is 10.0. The number of hydrogen-bond donors (Lipinski definition) is 0. The smallest absolute Gasteiger partial charge is 0.410 e. The van der Waals surface area contributed by atoms with Crippen molar-refractivity contribution in [2.24, 2.45) is 0 Å². The van der Waals surface area contributed by atoms with Crippen molar-refractivity contribution < 1.29 is 19.1 Å². The number of nitrogens with zero attached hydrogens (tertiary/aromatic N) is 1. The number of carbonyl (C=O) groups is 2. The van der Waals surface area contributed by atoms with Crippen molar-refractivity contribution in [1.82, 2.24) is 4.90 Å². The van der Waals surface area contributed by atoms with Crippen molar-refractivity contribution in [1.29, 1.82) is 0 Å². The highest BCUT2D eigenvalue weighted by Gasteiger charge is 2.38. The molecular formula is C13H23NO4. The summed E-state index contributed by atoms with van der Waals surface area (Å²) in [4.78, 5) is 25.1. The van der Waals surface area contributed by atoms with Gasteiger partial charge in [0.05, 0.1) is 13.5 Å². The zero-order valence-corrected chi connectivity index (χ0v) is 11.9. The fourth-order valence-corrected chi connectivity index (χ4v) is 2.19. The van der Waals surface area contributed by atoms with E-state index in [0.29, 0.717) is 0 Å². The monoisotopic (exact) mass is 257 g/mol. The van der Waals surface area contributed by atoms with E-state index >= 15 is 0 Å². The van der Waals surface area contributed by atoms with Gasteiger partial charge < -0.3 is 14.4 Å². The minimum absolute atomic E-state index is 0.106. The van der Waals surface area contributed by atoms with Crippen LogP contribution in [0.1, 0.15) is 47.0 Å². The molecule has 0 aromatic carbocycles. The molecule has 18 heavy (non-hydrogen) atoms. The summed E-state index contributed by atoms with van der Waals surface area (Å²) in [6, 6.07) is -0.00296. The minimum Gasteiger partial charge on any atom is -0.469 e.